The van der Waals surface area contributed by atoms with Gasteiger partial charge in [0.05, 0.1) is 41.7 Å². The summed E-state index contributed by atoms with van der Waals surface area (Å²) < 4.78 is 16.6. The number of carbonyl (C=O) groups excluding carboxylic acids is 2. The van der Waals surface area contributed by atoms with Crippen molar-refractivity contribution in [2.45, 2.75) is 19.9 Å². The van der Waals surface area contributed by atoms with Crippen molar-refractivity contribution < 1.29 is 23.8 Å². The van der Waals surface area contributed by atoms with Crippen LogP contribution in [0.15, 0.2) is 70.3 Å². The molecule has 0 saturated heterocycles. The van der Waals surface area contributed by atoms with Gasteiger partial charge < -0.3 is 24.4 Å². The Bertz CT molecular complexity index is 1240. The van der Waals surface area contributed by atoms with Crippen molar-refractivity contribution in [2.75, 3.05) is 25.6 Å². The lowest BCUT2D eigenvalue weighted by atomic mass is 9.94. The molecule has 0 spiro atoms. The SMILES string of the molecule is CCOC(=O)C1=C(C)N=C2SC=CN2[C@@H]1c1ccc(OCC(=O)Nc2ccccc2Cl)c(OC)c1. The normalized spacial score (nSPS) is 16.5. The van der Waals surface area contributed by atoms with Crippen LogP contribution in [-0.2, 0) is 14.3 Å². The van der Waals surface area contributed by atoms with E-state index < -0.39 is 12.0 Å². The van der Waals surface area contributed by atoms with Gasteiger partial charge in [0.2, 0.25) is 0 Å². The van der Waals surface area contributed by atoms with Gasteiger partial charge in [-0.05, 0) is 49.1 Å². The predicted molar refractivity (Wildman–Crippen MR) is 137 cm³/mol. The summed E-state index contributed by atoms with van der Waals surface area (Å²) in [5.41, 5.74) is 2.35. The van der Waals surface area contributed by atoms with E-state index in [2.05, 4.69) is 10.3 Å². The van der Waals surface area contributed by atoms with Crippen LogP contribution in [0.5, 0.6) is 11.5 Å². The summed E-state index contributed by atoms with van der Waals surface area (Å²) in [7, 11) is 1.52. The number of hydrogen-bond donors (Lipinski definition) is 1. The lowest BCUT2D eigenvalue weighted by Crippen LogP contribution is -2.34. The Morgan fingerprint density at radius 2 is 2.00 bits per heavy atom. The van der Waals surface area contributed by atoms with Gasteiger partial charge in [-0.15, -0.1) is 0 Å². The second-order valence-corrected chi connectivity index (χ2v) is 8.83. The fourth-order valence-electron chi connectivity index (χ4n) is 3.76. The predicted octanol–water partition coefficient (Wildman–Crippen LogP) is 5.13. The van der Waals surface area contributed by atoms with Gasteiger partial charge in [0.25, 0.3) is 5.91 Å². The summed E-state index contributed by atoms with van der Waals surface area (Å²) in [6.07, 6.45) is 1.88. The number of fused-ring (bicyclic) bond motifs is 1. The molecular formula is C25H24ClN3O5S. The zero-order chi connectivity index (χ0) is 24.9. The molecular weight excluding hydrogens is 490 g/mol. The molecule has 0 aliphatic carbocycles. The van der Waals surface area contributed by atoms with Crippen LogP contribution in [0.2, 0.25) is 5.02 Å². The summed E-state index contributed by atoms with van der Waals surface area (Å²) in [5.74, 6) is 0.0344. The number of carbonyl (C=O) groups is 2. The number of halogens is 1. The molecule has 2 aromatic carbocycles. The third-order valence-electron chi connectivity index (χ3n) is 5.33. The van der Waals surface area contributed by atoms with Crippen molar-refractivity contribution in [2.24, 2.45) is 4.99 Å². The molecule has 0 unspecified atom stereocenters. The van der Waals surface area contributed by atoms with Crippen molar-refractivity contribution >= 4 is 46.1 Å². The number of esters is 1. The minimum absolute atomic E-state index is 0.236. The molecule has 2 aliphatic heterocycles. The second kappa shape index (κ2) is 10.9. The molecule has 1 amide bonds. The van der Waals surface area contributed by atoms with E-state index in [1.165, 1.54) is 18.9 Å². The minimum Gasteiger partial charge on any atom is -0.493 e. The lowest BCUT2D eigenvalue weighted by molar-refractivity contribution is -0.139. The van der Waals surface area contributed by atoms with Crippen LogP contribution in [-0.4, -0.2) is 42.3 Å². The number of ether oxygens (including phenoxy) is 3. The fraction of sp³-hybridized carbons (Fsp3) is 0.240. The Morgan fingerprint density at radius 3 is 2.74 bits per heavy atom. The molecule has 0 aromatic heterocycles. The number of benzene rings is 2. The van der Waals surface area contributed by atoms with Gasteiger partial charge >= 0.3 is 5.97 Å². The molecule has 4 rings (SSSR count). The van der Waals surface area contributed by atoms with Gasteiger partial charge in [-0.25, -0.2) is 9.79 Å². The number of allylic oxidation sites excluding steroid dienone is 1. The van der Waals surface area contributed by atoms with Gasteiger partial charge in [-0.1, -0.05) is 41.6 Å². The molecule has 0 bridgehead atoms. The number of nitrogens with one attached hydrogen (secondary N) is 1. The highest BCUT2D eigenvalue weighted by atomic mass is 35.5. The van der Waals surface area contributed by atoms with Crippen molar-refractivity contribution in [3.8, 4) is 11.5 Å². The zero-order valence-corrected chi connectivity index (χ0v) is 21.0. The van der Waals surface area contributed by atoms with E-state index in [4.69, 9.17) is 25.8 Å². The highest BCUT2D eigenvalue weighted by Crippen LogP contribution is 2.43. The Labute approximate surface area is 212 Å². The highest BCUT2D eigenvalue weighted by Gasteiger charge is 2.37. The largest absolute Gasteiger partial charge is 0.493 e. The number of amides is 1. The van der Waals surface area contributed by atoms with Crippen molar-refractivity contribution in [3.63, 3.8) is 0 Å². The number of nitrogens with zero attached hydrogens (tertiary/aromatic N) is 2. The first kappa shape index (κ1) is 24.7. The summed E-state index contributed by atoms with van der Waals surface area (Å²) in [4.78, 5) is 31.7. The van der Waals surface area contributed by atoms with Crippen LogP contribution in [0.3, 0.4) is 0 Å². The number of amidine groups is 1. The summed E-state index contributed by atoms with van der Waals surface area (Å²) >= 11 is 7.58. The second-order valence-electron chi connectivity index (χ2n) is 7.55. The quantitative estimate of drug-likeness (QED) is 0.489. The summed E-state index contributed by atoms with van der Waals surface area (Å²) in [6, 6.07) is 11.9. The Morgan fingerprint density at radius 1 is 1.20 bits per heavy atom. The number of anilines is 1. The Hall–Kier alpha value is -3.43. The maximum atomic E-state index is 12.8. The zero-order valence-electron chi connectivity index (χ0n) is 19.4. The molecule has 0 radical (unpaired) electrons. The smallest absolute Gasteiger partial charge is 0.338 e. The Kier molecular flexibility index (Phi) is 7.67. The lowest BCUT2D eigenvalue weighted by Gasteiger charge is -2.33. The van der Waals surface area contributed by atoms with Crippen LogP contribution in [0.1, 0.15) is 25.5 Å². The maximum Gasteiger partial charge on any atom is 0.338 e. The third kappa shape index (κ3) is 5.31. The highest BCUT2D eigenvalue weighted by molar-refractivity contribution is 8.16. The van der Waals surface area contributed by atoms with Crippen LogP contribution >= 0.6 is 23.4 Å². The molecule has 2 heterocycles. The molecule has 182 valence electrons. The molecule has 1 N–H and O–H groups in total. The first-order valence-corrected chi connectivity index (χ1v) is 12.1. The topological polar surface area (TPSA) is 89.5 Å². The summed E-state index contributed by atoms with van der Waals surface area (Å²) in [5, 5.41) is 5.85. The molecule has 0 fully saturated rings. The van der Waals surface area contributed by atoms with E-state index in [0.29, 0.717) is 33.5 Å². The monoisotopic (exact) mass is 513 g/mol. The molecule has 35 heavy (non-hydrogen) atoms. The number of rotatable bonds is 8. The van der Waals surface area contributed by atoms with E-state index in [1.54, 1.807) is 50.2 Å². The van der Waals surface area contributed by atoms with Crippen molar-refractivity contribution in [1.29, 1.82) is 0 Å². The van der Waals surface area contributed by atoms with Gasteiger partial charge in [0.15, 0.2) is 23.3 Å². The maximum absolute atomic E-state index is 12.8. The number of hydrogen-bond acceptors (Lipinski definition) is 8. The van der Waals surface area contributed by atoms with Crippen LogP contribution in [0.25, 0.3) is 0 Å². The van der Waals surface area contributed by atoms with Crippen LogP contribution < -0.4 is 14.8 Å². The molecule has 10 heteroatoms. The number of aliphatic imine (C=N–C) groups is 1. The average Bonchev–Trinajstić information content (AvgIpc) is 3.31. The fourth-order valence-corrected chi connectivity index (χ4v) is 4.74. The van der Waals surface area contributed by atoms with Gasteiger partial charge in [-0.3, -0.25) is 4.79 Å². The number of thioether (sulfide) groups is 1. The van der Waals surface area contributed by atoms with E-state index >= 15 is 0 Å². The minimum atomic E-state index is -0.445. The third-order valence-corrected chi connectivity index (χ3v) is 6.43. The van der Waals surface area contributed by atoms with E-state index in [-0.39, 0.29) is 19.1 Å². The average molecular weight is 514 g/mol. The van der Waals surface area contributed by atoms with Gasteiger partial charge in [0.1, 0.15) is 0 Å². The standard InChI is InChI=1S/C25H24ClN3O5S/c1-4-33-24(31)22-15(2)27-25-29(11-12-35-25)23(22)16-9-10-19(20(13-16)32-3)34-14-21(30)28-18-8-6-5-7-17(18)26/h5-13,23H,4,14H2,1-3H3,(H,28,30)/t23-/m1/s1. The first-order valence-electron chi connectivity index (χ1n) is 10.9. The van der Waals surface area contributed by atoms with Gasteiger partial charge in [0, 0.05) is 6.20 Å². The number of methoxy groups -OCH3 is 1. The van der Waals surface area contributed by atoms with E-state index in [1.807, 2.05) is 22.6 Å². The van der Waals surface area contributed by atoms with Crippen molar-refractivity contribution in [3.05, 3.63) is 75.9 Å². The van der Waals surface area contributed by atoms with Crippen molar-refractivity contribution in [1.82, 2.24) is 4.90 Å². The van der Waals surface area contributed by atoms with Gasteiger partial charge in [-0.2, -0.15) is 0 Å². The van der Waals surface area contributed by atoms with E-state index in [0.717, 1.165) is 10.7 Å². The molecule has 2 aliphatic rings. The van der Waals surface area contributed by atoms with Crippen LogP contribution in [0.4, 0.5) is 5.69 Å². The van der Waals surface area contributed by atoms with Crippen LogP contribution in [0, 0.1) is 0 Å². The molecule has 1 atom stereocenters. The molecule has 0 saturated carbocycles. The molecule has 2 aromatic rings. The van der Waals surface area contributed by atoms with E-state index in [9.17, 15) is 9.59 Å². The summed E-state index contributed by atoms with van der Waals surface area (Å²) in [6.45, 7) is 3.59. The molecule has 8 nitrogen and oxygen atoms in total. The first-order chi connectivity index (χ1) is 16.9. The Balaban J connectivity index is 1.56. The number of para-hydroxylation sites is 1.